The zero-order chi connectivity index (χ0) is 14.8. The Labute approximate surface area is 126 Å². The summed E-state index contributed by atoms with van der Waals surface area (Å²) >= 11 is 6.13. The highest BCUT2D eigenvalue weighted by atomic mass is 35.5. The Kier molecular flexibility index (Phi) is 3.90. The molecule has 1 aliphatic carbocycles. The summed E-state index contributed by atoms with van der Waals surface area (Å²) in [6.45, 7) is 0.775. The minimum atomic E-state index is -0.203. The van der Waals surface area contributed by atoms with Crippen molar-refractivity contribution in [2.24, 2.45) is 11.8 Å². The van der Waals surface area contributed by atoms with E-state index in [4.69, 9.17) is 17.4 Å². The van der Waals surface area contributed by atoms with Crippen LogP contribution in [0, 0.1) is 11.7 Å². The molecule has 21 heavy (non-hydrogen) atoms. The molecule has 1 heterocycles. The predicted molar refractivity (Wildman–Crippen MR) is 80.6 cm³/mol. The van der Waals surface area contributed by atoms with E-state index >= 15 is 0 Å². The van der Waals surface area contributed by atoms with Crippen molar-refractivity contribution in [3.8, 4) is 0 Å². The second kappa shape index (κ2) is 5.83. The van der Waals surface area contributed by atoms with Crippen molar-refractivity contribution in [2.45, 2.75) is 12.3 Å². The maximum Gasteiger partial charge on any atom is 0.183 e. The first kappa shape index (κ1) is 14.0. The van der Waals surface area contributed by atoms with Gasteiger partial charge in [0.2, 0.25) is 0 Å². The van der Waals surface area contributed by atoms with E-state index in [-0.39, 0.29) is 5.82 Å². The largest absolute Gasteiger partial charge is 0.382 e. The maximum absolute atomic E-state index is 12.9. The lowest BCUT2D eigenvalue weighted by Gasteiger charge is -2.09. The molecule has 1 fully saturated rings. The van der Waals surface area contributed by atoms with Crippen LogP contribution in [0.1, 0.15) is 17.9 Å². The molecule has 0 bridgehead atoms. The summed E-state index contributed by atoms with van der Waals surface area (Å²) in [5.74, 6) is 6.42. The molecule has 110 valence electrons. The number of nitrogen functional groups attached to an aromatic ring is 1. The third kappa shape index (κ3) is 3.06. The fourth-order valence-corrected chi connectivity index (χ4v) is 2.63. The first-order valence-corrected chi connectivity index (χ1v) is 7.04. The lowest BCUT2D eigenvalue weighted by atomic mass is 10.1. The highest BCUT2D eigenvalue weighted by molar-refractivity contribution is 6.35. The molecule has 1 aliphatic rings. The summed E-state index contributed by atoms with van der Waals surface area (Å²) in [5.41, 5.74) is 4.27. The zero-order valence-electron chi connectivity index (χ0n) is 11.2. The van der Waals surface area contributed by atoms with Crippen molar-refractivity contribution >= 4 is 23.1 Å². The van der Waals surface area contributed by atoms with Gasteiger partial charge >= 0.3 is 0 Å². The van der Waals surface area contributed by atoms with Crippen LogP contribution >= 0.6 is 11.6 Å². The van der Waals surface area contributed by atoms with Crippen molar-refractivity contribution in [3.05, 3.63) is 46.9 Å². The van der Waals surface area contributed by atoms with E-state index in [2.05, 4.69) is 20.9 Å². The van der Waals surface area contributed by atoms with Crippen LogP contribution < -0.4 is 16.6 Å². The normalized spacial score (nSPS) is 20.1. The van der Waals surface area contributed by atoms with E-state index in [0.717, 1.165) is 13.0 Å². The van der Waals surface area contributed by atoms with E-state index in [1.54, 1.807) is 6.20 Å². The lowest BCUT2D eigenvalue weighted by molar-refractivity contribution is 0.627. The number of anilines is 2. The molecule has 2 atom stereocenters. The summed E-state index contributed by atoms with van der Waals surface area (Å²) in [5, 5.41) is 11.3. The third-order valence-corrected chi connectivity index (χ3v) is 4.08. The molecule has 4 N–H and O–H groups in total. The molecule has 2 unspecified atom stereocenters. The summed E-state index contributed by atoms with van der Waals surface area (Å²) in [6, 6.07) is 6.69. The molecule has 0 spiro atoms. The number of hydrogen-bond acceptors (Lipinski definition) is 5. The van der Waals surface area contributed by atoms with Crippen LogP contribution in [0.5, 0.6) is 0 Å². The molecule has 1 saturated carbocycles. The lowest BCUT2D eigenvalue weighted by Crippen LogP contribution is -2.12. The minimum Gasteiger partial charge on any atom is -0.382 e. The smallest absolute Gasteiger partial charge is 0.183 e. The molecule has 0 radical (unpaired) electrons. The molecule has 7 heteroatoms. The fourth-order valence-electron chi connectivity index (χ4n) is 2.42. The topological polar surface area (TPSA) is 75.9 Å². The van der Waals surface area contributed by atoms with Crippen molar-refractivity contribution in [1.82, 2.24) is 10.2 Å². The number of hydrogen-bond donors (Lipinski definition) is 3. The molecule has 1 aromatic heterocycles. The van der Waals surface area contributed by atoms with Gasteiger partial charge < -0.3 is 10.7 Å². The van der Waals surface area contributed by atoms with E-state index in [1.165, 1.54) is 17.7 Å². The van der Waals surface area contributed by atoms with Crippen molar-refractivity contribution in [2.75, 3.05) is 17.3 Å². The van der Waals surface area contributed by atoms with E-state index < -0.39 is 0 Å². The van der Waals surface area contributed by atoms with Crippen LogP contribution in [-0.2, 0) is 0 Å². The van der Waals surface area contributed by atoms with Gasteiger partial charge in [0, 0.05) is 6.54 Å². The van der Waals surface area contributed by atoms with Crippen LogP contribution in [0.4, 0.5) is 15.9 Å². The summed E-state index contributed by atoms with van der Waals surface area (Å²) in [7, 11) is 0. The number of hydrazine groups is 1. The third-order valence-electron chi connectivity index (χ3n) is 3.70. The maximum atomic E-state index is 12.9. The molecule has 0 saturated heterocycles. The number of nitrogens with two attached hydrogens (primary N) is 1. The number of nitrogens with zero attached hydrogens (tertiary/aromatic N) is 2. The Morgan fingerprint density at radius 1 is 1.33 bits per heavy atom. The standard InChI is InChI=1S/C14H15ClFN5/c15-13-12(7-19-21-14(13)20-17)18-6-9-5-11(9)8-1-3-10(16)4-2-8/h1-4,7,9,11H,5-6,17H2,(H2,18,20,21). The Morgan fingerprint density at radius 3 is 2.81 bits per heavy atom. The Bertz CT molecular complexity index is 634. The minimum absolute atomic E-state index is 0.203. The Hall–Kier alpha value is -1.92. The SMILES string of the molecule is NNc1nncc(NCC2CC2c2ccc(F)cc2)c1Cl. The molecule has 0 aliphatic heterocycles. The first-order valence-electron chi connectivity index (χ1n) is 6.66. The summed E-state index contributed by atoms with van der Waals surface area (Å²) in [6.07, 6.45) is 2.65. The number of nitrogens with one attached hydrogen (secondary N) is 2. The molecule has 2 aromatic rings. The molecule has 1 aromatic carbocycles. The van der Waals surface area contributed by atoms with Gasteiger partial charge in [-0.2, -0.15) is 5.10 Å². The molecule has 0 amide bonds. The van der Waals surface area contributed by atoms with Gasteiger partial charge in [0.1, 0.15) is 10.8 Å². The zero-order valence-corrected chi connectivity index (χ0v) is 11.9. The van der Waals surface area contributed by atoms with E-state index in [1.807, 2.05) is 12.1 Å². The number of halogens is 2. The molecular formula is C14H15ClFN5. The second-order valence-corrected chi connectivity index (χ2v) is 5.48. The van der Waals surface area contributed by atoms with Crippen LogP contribution in [0.3, 0.4) is 0 Å². The van der Waals surface area contributed by atoms with Gasteiger partial charge in [0.15, 0.2) is 5.82 Å². The van der Waals surface area contributed by atoms with E-state index in [0.29, 0.717) is 28.4 Å². The van der Waals surface area contributed by atoms with Gasteiger partial charge in [0.25, 0.3) is 0 Å². The number of benzene rings is 1. The highest BCUT2D eigenvalue weighted by Crippen LogP contribution is 2.47. The monoisotopic (exact) mass is 307 g/mol. The second-order valence-electron chi connectivity index (χ2n) is 5.10. The first-order chi connectivity index (χ1) is 10.2. The molecule has 5 nitrogen and oxygen atoms in total. The highest BCUT2D eigenvalue weighted by Gasteiger charge is 2.37. The van der Waals surface area contributed by atoms with Crippen molar-refractivity contribution in [1.29, 1.82) is 0 Å². The summed E-state index contributed by atoms with van der Waals surface area (Å²) < 4.78 is 12.9. The predicted octanol–water partition coefficient (Wildman–Crippen LogP) is 2.77. The van der Waals surface area contributed by atoms with Crippen LogP contribution in [0.25, 0.3) is 0 Å². The quantitative estimate of drug-likeness (QED) is 0.585. The van der Waals surface area contributed by atoms with Crippen LogP contribution in [0.2, 0.25) is 5.02 Å². The van der Waals surface area contributed by atoms with Gasteiger partial charge in [-0.15, -0.1) is 5.10 Å². The number of aromatic nitrogens is 2. The fraction of sp³-hybridized carbons (Fsp3) is 0.286. The van der Waals surface area contributed by atoms with Crippen LogP contribution in [-0.4, -0.2) is 16.7 Å². The average molecular weight is 308 g/mol. The van der Waals surface area contributed by atoms with Gasteiger partial charge in [0.05, 0.1) is 11.9 Å². The molecule has 3 rings (SSSR count). The Balaban J connectivity index is 1.59. The Morgan fingerprint density at radius 2 is 2.10 bits per heavy atom. The molecular weight excluding hydrogens is 293 g/mol. The van der Waals surface area contributed by atoms with Crippen LogP contribution in [0.15, 0.2) is 30.5 Å². The van der Waals surface area contributed by atoms with Gasteiger partial charge in [-0.1, -0.05) is 23.7 Å². The van der Waals surface area contributed by atoms with Crippen molar-refractivity contribution in [3.63, 3.8) is 0 Å². The average Bonchev–Trinajstić information content (AvgIpc) is 3.26. The van der Waals surface area contributed by atoms with Crippen molar-refractivity contribution < 1.29 is 4.39 Å². The summed E-state index contributed by atoms with van der Waals surface area (Å²) in [4.78, 5) is 0. The van der Waals surface area contributed by atoms with Gasteiger partial charge in [-0.3, -0.25) is 0 Å². The van der Waals surface area contributed by atoms with Gasteiger partial charge in [-0.05, 0) is 36.0 Å². The van der Waals surface area contributed by atoms with Gasteiger partial charge in [-0.25, -0.2) is 10.2 Å². The van der Waals surface area contributed by atoms with E-state index in [9.17, 15) is 4.39 Å². The number of rotatable bonds is 5.